The minimum Gasteiger partial charge on any atom is -0.322 e. The van der Waals surface area contributed by atoms with Crippen LogP contribution in [0.5, 0.6) is 0 Å². The molecular weight excluding hydrogens is 445 g/mol. The van der Waals surface area contributed by atoms with Crippen LogP contribution in [0.2, 0.25) is 5.02 Å². The fraction of sp³-hybridized carbons (Fsp3) is 0.381. The lowest BCUT2D eigenvalue weighted by molar-refractivity contribution is 0.102. The molecule has 9 heteroatoms. The Kier molecular flexibility index (Phi) is 10.0. The highest BCUT2D eigenvalue weighted by atomic mass is 35.5. The third-order valence-electron chi connectivity index (χ3n) is 5.03. The van der Waals surface area contributed by atoms with E-state index in [9.17, 15) is 10.1 Å². The number of pyridine rings is 1. The van der Waals surface area contributed by atoms with E-state index in [2.05, 4.69) is 33.5 Å². The Morgan fingerprint density at radius 2 is 2.10 bits per heavy atom. The lowest BCUT2D eigenvalue weighted by Gasteiger charge is -2.32. The van der Waals surface area contributed by atoms with Crippen molar-refractivity contribution in [2.45, 2.75) is 33.4 Å². The van der Waals surface area contributed by atoms with Gasteiger partial charge in [-0.05, 0) is 50.1 Å². The number of aryl methyl sites for hydroxylation is 1. The predicted molar refractivity (Wildman–Crippen MR) is 125 cm³/mol. The van der Waals surface area contributed by atoms with E-state index in [1.807, 2.05) is 13.0 Å². The van der Waals surface area contributed by atoms with Gasteiger partial charge in [0, 0.05) is 44.1 Å². The first-order valence-corrected chi connectivity index (χ1v) is 9.68. The van der Waals surface area contributed by atoms with E-state index in [0.29, 0.717) is 33.6 Å². The topological polar surface area (TPSA) is 81.0 Å². The number of nitriles is 1. The lowest BCUT2D eigenvalue weighted by Crippen LogP contribution is -2.48. The Bertz CT molecular complexity index is 945. The summed E-state index contributed by atoms with van der Waals surface area (Å²) >= 11 is 6.09. The Labute approximate surface area is 194 Å². The predicted octanol–water partition coefficient (Wildman–Crippen LogP) is 4.11. The maximum Gasteiger partial charge on any atom is 0.257 e. The van der Waals surface area contributed by atoms with Crippen molar-refractivity contribution in [3.8, 4) is 6.07 Å². The molecule has 6 nitrogen and oxygen atoms in total. The van der Waals surface area contributed by atoms with E-state index >= 15 is 0 Å². The maximum absolute atomic E-state index is 12.7. The average Bonchev–Trinajstić information content (AvgIpc) is 2.67. The SMILES string of the molecule is Cc1ncc(C(=O)Nc2cc(C#N)cc(CN3CCNC(C)C3)c2C)cc1Cl.Cl.Cl. The molecule has 0 radical (unpaired) electrons. The summed E-state index contributed by atoms with van der Waals surface area (Å²) in [5.74, 6) is -0.297. The van der Waals surface area contributed by atoms with Gasteiger partial charge in [-0.2, -0.15) is 5.26 Å². The van der Waals surface area contributed by atoms with Gasteiger partial charge in [0.2, 0.25) is 0 Å². The van der Waals surface area contributed by atoms with Gasteiger partial charge >= 0.3 is 0 Å². The van der Waals surface area contributed by atoms with Gasteiger partial charge in [-0.15, -0.1) is 24.8 Å². The summed E-state index contributed by atoms with van der Waals surface area (Å²) in [7, 11) is 0. The number of hydrogen-bond acceptors (Lipinski definition) is 5. The van der Waals surface area contributed by atoms with E-state index < -0.39 is 0 Å². The molecule has 0 bridgehead atoms. The van der Waals surface area contributed by atoms with Crippen molar-refractivity contribution in [3.05, 3.63) is 57.4 Å². The minimum atomic E-state index is -0.297. The summed E-state index contributed by atoms with van der Waals surface area (Å²) < 4.78 is 0. The number of rotatable bonds is 4. The molecule has 1 aromatic heterocycles. The monoisotopic (exact) mass is 469 g/mol. The van der Waals surface area contributed by atoms with Crippen molar-refractivity contribution >= 4 is 48.0 Å². The van der Waals surface area contributed by atoms with Crippen molar-refractivity contribution in [2.24, 2.45) is 0 Å². The molecule has 3 rings (SSSR count). The summed E-state index contributed by atoms with van der Waals surface area (Å²) in [5.41, 5.74) is 4.23. The Morgan fingerprint density at radius 3 is 2.73 bits per heavy atom. The van der Waals surface area contributed by atoms with Gasteiger partial charge in [0.1, 0.15) is 0 Å². The first-order valence-electron chi connectivity index (χ1n) is 9.30. The molecule has 162 valence electrons. The van der Waals surface area contributed by atoms with Crippen LogP contribution in [-0.2, 0) is 6.54 Å². The molecule has 1 amide bonds. The lowest BCUT2D eigenvalue weighted by atomic mass is 10.0. The number of carbonyl (C=O) groups is 1. The number of halogens is 3. The quantitative estimate of drug-likeness (QED) is 0.703. The third kappa shape index (κ3) is 6.31. The van der Waals surface area contributed by atoms with E-state index in [0.717, 1.165) is 37.3 Å². The van der Waals surface area contributed by atoms with E-state index in [1.54, 1.807) is 19.1 Å². The summed E-state index contributed by atoms with van der Waals surface area (Å²) in [4.78, 5) is 19.2. The Morgan fingerprint density at radius 1 is 1.37 bits per heavy atom. The molecule has 1 aliphatic heterocycles. The maximum atomic E-state index is 12.7. The summed E-state index contributed by atoms with van der Waals surface area (Å²) in [6.45, 7) is 9.52. The second-order valence-corrected chi connectivity index (χ2v) is 7.66. The van der Waals surface area contributed by atoms with Crippen LogP contribution in [0.4, 0.5) is 5.69 Å². The van der Waals surface area contributed by atoms with Gasteiger partial charge < -0.3 is 10.6 Å². The largest absolute Gasteiger partial charge is 0.322 e. The van der Waals surface area contributed by atoms with E-state index in [4.69, 9.17) is 11.6 Å². The van der Waals surface area contributed by atoms with Gasteiger partial charge in [-0.1, -0.05) is 11.6 Å². The standard InChI is InChI=1S/C21H24ClN5O.2ClH/c1-13-11-27(5-4-24-13)12-18-6-16(9-23)7-20(14(18)2)26-21(28)17-8-19(22)15(3)25-10-17;;/h6-8,10,13,24H,4-5,11-12H2,1-3H3,(H,26,28);2*1H. The zero-order chi connectivity index (χ0) is 20.3. The molecule has 1 saturated heterocycles. The number of benzene rings is 1. The average molecular weight is 471 g/mol. The fourth-order valence-corrected chi connectivity index (χ4v) is 3.52. The number of piperazine rings is 1. The van der Waals surface area contributed by atoms with E-state index in [1.165, 1.54) is 6.20 Å². The van der Waals surface area contributed by atoms with Crippen LogP contribution < -0.4 is 10.6 Å². The first kappa shape index (κ1) is 26.2. The van der Waals surface area contributed by atoms with Crippen molar-refractivity contribution < 1.29 is 4.79 Å². The number of hydrogen-bond donors (Lipinski definition) is 2. The molecule has 1 unspecified atom stereocenters. The highest BCUT2D eigenvalue weighted by Crippen LogP contribution is 2.24. The summed E-state index contributed by atoms with van der Waals surface area (Å²) in [5, 5.41) is 16.2. The molecule has 1 aromatic carbocycles. The van der Waals surface area contributed by atoms with Crippen LogP contribution in [0.3, 0.4) is 0 Å². The Hall–Kier alpha value is -1.88. The van der Waals surface area contributed by atoms with Gasteiger partial charge in [0.15, 0.2) is 0 Å². The second-order valence-electron chi connectivity index (χ2n) is 7.26. The number of anilines is 1. The second kappa shape index (κ2) is 11.5. The smallest absolute Gasteiger partial charge is 0.257 e. The van der Waals surface area contributed by atoms with Crippen LogP contribution in [0, 0.1) is 25.2 Å². The molecule has 2 aromatic rings. The van der Waals surface area contributed by atoms with Crippen LogP contribution in [0.25, 0.3) is 0 Å². The molecule has 2 N–H and O–H groups in total. The van der Waals surface area contributed by atoms with Crippen molar-refractivity contribution in [1.82, 2.24) is 15.2 Å². The number of amides is 1. The van der Waals surface area contributed by atoms with Crippen molar-refractivity contribution in [2.75, 3.05) is 25.0 Å². The molecule has 1 fully saturated rings. The van der Waals surface area contributed by atoms with Gasteiger partial charge in [0.25, 0.3) is 5.91 Å². The summed E-state index contributed by atoms with van der Waals surface area (Å²) in [6.07, 6.45) is 1.50. The number of nitrogens with one attached hydrogen (secondary N) is 2. The van der Waals surface area contributed by atoms with Crippen LogP contribution in [-0.4, -0.2) is 41.5 Å². The number of aromatic nitrogens is 1. The first-order chi connectivity index (χ1) is 13.4. The van der Waals surface area contributed by atoms with Crippen LogP contribution >= 0.6 is 36.4 Å². The molecule has 0 saturated carbocycles. The molecule has 0 spiro atoms. The molecular formula is C21H26Cl3N5O. The van der Waals surface area contributed by atoms with Crippen LogP contribution in [0.1, 0.15) is 39.7 Å². The molecule has 2 heterocycles. The van der Waals surface area contributed by atoms with Gasteiger partial charge in [-0.3, -0.25) is 14.7 Å². The summed E-state index contributed by atoms with van der Waals surface area (Å²) in [6, 6.07) is 7.85. The normalized spacial score (nSPS) is 16.0. The van der Waals surface area contributed by atoms with E-state index in [-0.39, 0.29) is 30.7 Å². The molecule has 0 aliphatic carbocycles. The van der Waals surface area contributed by atoms with Gasteiger partial charge in [0.05, 0.1) is 27.9 Å². The highest BCUT2D eigenvalue weighted by molar-refractivity contribution is 6.31. The zero-order valence-electron chi connectivity index (χ0n) is 17.2. The van der Waals surface area contributed by atoms with Gasteiger partial charge in [-0.25, -0.2) is 0 Å². The number of nitrogens with zero attached hydrogens (tertiary/aromatic N) is 3. The molecule has 30 heavy (non-hydrogen) atoms. The minimum absolute atomic E-state index is 0. The van der Waals surface area contributed by atoms with Crippen molar-refractivity contribution in [1.29, 1.82) is 5.26 Å². The van der Waals surface area contributed by atoms with Crippen molar-refractivity contribution in [3.63, 3.8) is 0 Å². The van der Waals surface area contributed by atoms with Crippen LogP contribution in [0.15, 0.2) is 24.4 Å². The molecule has 1 aliphatic rings. The molecule has 1 atom stereocenters. The Balaban J connectivity index is 0.00000225. The number of carbonyl (C=O) groups excluding carboxylic acids is 1. The fourth-order valence-electron chi connectivity index (χ4n) is 3.35. The highest BCUT2D eigenvalue weighted by Gasteiger charge is 2.18. The third-order valence-corrected chi connectivity index (χ3v) is 5.41. The zero-order valence-corrected chi connectivity index (χ0v) is 19.5.